The molecule has 1 atom stereocenters. The molecule has 4 rings (SSSR count). The normalized spacial score (nSPS) is 23.5. The zero-order valence-electron chi connectivity index (χ0n) is 18.2. The molecule has 1 N–H and O–H groups in total. The van der Waals surface area contributed by atoms with E-state index in [9.17, 15) is 19.2 Å². The van der Waals surface area contributed by atoms with Gasteiger partial charge in [0.1, 0.15) is 5.54 Å². The lowest BCUT2D eigenvalue weighted by atomic mass is 9.86. The van der Waals surface area contributed by atoms with Crippen molar-refractivity contribution in [1.29, 1.82) is 0 Å². The van der Waals surface area contributed by atoms with Gasteiger partial charge in [-0.1, -0.05) is 32.0 Å². The Hall–Kier alpha value is -2.90. The second kappa shape index (κ2) is 8.32. The summed E-state index contributed by atoms with van der Waals surface area (Å²) < 4.78 is 0. The molecule has 3 heterocycles. The highest BCUT2D eigenvalue weighted by Crippen LogP contribution is 2.33. The minimum Gasteiger partial charge on any atom is -0.342 e. The van der Waals surface area contributed by atoms with Crippen LogP contribution in [-0.2, 0) is 9.59 Å². The first-order valence-electron chi connectivity index (χ1n) is 11.1. The summed E-state index contributed by atoms with van der Waals surface area (Å²) in [6.07, 6.45) is 2.27. The number of piperidine rings is 2. The molecule has 1 aromatic rings. The minimum absolute atomic E-state index is 0.0748. The lowest BCUT2D eigenvalue weighted by Gasteiger charge is -2.39. The Morgan fingerprint density at radius 1 is 1.03 bits per heavy atom. The fourth-order valence-corrected chi connectivity index (χ4v) is 4.90. The van der Waals surface area contributed by atoms with Crippen molar-refractivity contribution in [3.8, 4) is 0 Å². The number of urea groups is 1. The van der Waals surface area contributed by atoms with Crippen molar-refractivity contribution in [2.45, 2.75) is 51.1 Å². The third-order valence-electron chi connectivity index (χ3n) is 6.69. The molecular weight excluding hydrogens is 396 g/mol. The van der Waals surface area contributed by atoms with Crippen molar-refractivity contribution < 1.29 is 19.2 Å². The Morgan fingerprint density at radius 3 is 2.35 bits per heavy atom. The van der Waals surface area contributed by atoms with E-state index in [1.807, 2.05) is 32.0 Å². The predicted molar refractivity (Wildman–Crippen MR) is 114 cm³/mol. The number of carbonyl (C=O) groups excluding carboxylic acids is 4. The van der Waals surface area contributed by atoms with Gasteiger partial charge < -0.3 is 15.1 Å². The fourth-order valence-electron chi connectivity index (χ4n) is 4.90. The average Bonchev–Trinajstić information content (AvgIpc) is 3.02. The first kappa shape index (κ1) is 21.3. The highest BCUT2D eigenvalue weighted by molar-refractivity contribution is 6.07. The summed E-state index contributed by atoms with van der Waals surface area (Å²) >= 11 is 0. The van der Waals surface area contributed by atoms with Gasteiger partial charge in [-0.2, -0.15) is 0 Å². The van der Waals surface area contributed by atoms with Gasteiger partial charge in [0.05, 0.1) is 6.04 Å². The number of nitrogens with one attached hydrogen (secondary N) is 1. The van der Waals surface area contributed by atoms with Gasteiger partial charge in [0.2, 0.25) is 5.91 Å². The van der Waals surface area contributed by atoms with E-state index in [2.05, 4.69) is 5.32 Å². The van der Waals surface area contributed by atoms with Crippen LogP contribution in [0.1, 0.15) is 49.9 Å². The number of carbonyl (C=O) groups is 4. The lowest BCUT2D eigenvalue weighted by molar-refractivity contribution is -0.141. The van der Waals surface area contributed by atoms with E-state index < -0.39 is 5.54 Å². The average molecular weight is 427 g/mol. The van der Waals surface area contributed by atoms with Crippen molar-refractivity contribution in [1.82, 2.24) is 20.0 Å². The number of hydrogen-bond acceptors (Lipinski definition) is 4. The second-order valence-corrected chi connectivity index (χ2v) is 9.08. The SMILES string of the molecule is CC(C)C(=O)N1CCC2(CC1)NC(=O)N([C@@H]1CCCN(C(=O)c3ccccc3)C1)C2=O. The molecule has 3 aliphatic rings. The summed E-state index contributed by atoms with van der Waals surface area (Å²) in [7, 11) is 0. The van der Waals surface area contributed by atoms with Gasteiger partial charge >= 0.3 is 6.03 Å². The van der Waals surface area contributed by atoms with Crippen LogP contribution in [0.15, 0.2) is 30.3 Å². The van der Waals surface area contributed by atoms with E-state index in [0.717, 1.165) is 6.42 Å². The zero-order valence-corrected chi connectivity index (χ0v) is 18.2. The van der Waals surface area contributed by atoms with Gasteiger partial charge in [-0.15, -0.1) is 0 Å². The molecule has 166 valence electrons. The minimum atomic E-state index is -0.934. The molecule has 31 heavy (non-hydrogen) atoms. The van der Waals surface area contributed by atoms with Crippen LogP contribution in [0.5, 0.6) is 0 Å². The molecule has 8 nitrogen and oxygen atoms in total. The maximum atomic E-state index is 13.4. The Labute approximate surface area is 182 Å². The fraction of sp³-hybridized carbons (Fsp3) is 0.565. The van der Waals surface area contributed by atoms with Crippen LogP contribution in [-0.4, -0.2) is 76.2 Å². The topological polar surface area (TPSA) is 90.0 Å². The molecule has 0 aromatic heterocycles. The molecule has 1 spiro atoms. The maximum Gasteiger partial charge on any atom is 0.325 e. The number of benzene rings is 1. The van der Waals surface area contributed by atoms with Crippen molar-refractivity contribution in [3.05, 3.63) is 35.9 Å². The molecule has 0 unspecified atom stereocenters. The lowest BCUT2D eigenvalue weighted by Crippen LogP contribution is -2.57. The van der Waals surface area contributed by atoms with Gasteiger partial charge in [0.15, 0.2) is 0 Å². The Balaban J connectivity index is 1.44. The summed E-state index contributed by atoms with van der Waals surface area (Å²) in [6.45, 7) is 5.61. The molecular formula is C23H30N4O4. The van der Waals surface area contributed by atoms with E-state index in [-0.39, 0.29) is 35.7 Å². The van der Waals surface area contributed by atoms with Gasteiger partial charge in [0, 0.05) is 37.7 Å². The predicted octanol–water partition coefficient (Wildman–Crippen LogP) is 1.86. The summed E-state index contributed by atoms with van der Waals surface area (Å²) in [5.41, 5.74) is -0.324. The highest BCUT2D eigenvalue weighted by Gasteiger charge is 2.55. The Kier molecular flexibility index (Phi) is 5.73. The van der Waals surface area contributed by atoms with Crippen LogP contribution < -0.4 is 5.32 Å². The summed E-state index contributed by atoms with van der Waals surface area (Å²) in [4.78, 5) is 56.2. The number of hydrogen-bond donors (Lipinski definition) is 1. The van der Waals surface area contributed by atoms with E-state index in [4.69, 9.17) is 0 Å². The molecule has 3 saturated heterocycles. The first-order valence-corrected chi connectivity index (χ1v) is 11.1. The Morgan fingerprint density at radius 2 is 1.71 bits per heavy atom. The molecule has 0 aliphatic carbocycles. The quantitative estimate of drug-likeness (QED) is 0.747. The third-order valence-corrected chi connectivity index (χ3v) is 6.69. The van der Waals surface area contributed by atoms with Gasteiger partial charge in [-0.25, -0.2) is 4.79 Å². The molecule has 0 saturated carbocycles. The summed E-state index contributed by atoms with van der Waals surface area (Å²) in [5, 5.41) is 2.93. The van der Waals surface area contributed by atoms with Crippen LogP contribution in [0.25, 0.3) is 0 Å². The molecule has 8 heteroatoms. The van der Waals surface area contributed by atoms with Gasteiger partial charge in [0.25, 0.3) is 11.8 Å². The number of imide groups is 1. The summed E-state index contributed by atoms with van der Waals surface area (Å²) in [5.74, 6) is -0.304. The van der Waals surface area contributed by atoms with E-state index in [1.165, 1.54) is 4.90 Å². The van der Waals surface area contributed by atoms with Gasteiger partial charge in [-0.3, -0.25) is 19.3 Å². The van der Waals surface area contributed by atoms with Crippen LogP contribution >= 0.6 is 0 Å². The number of amides is 5. The molecule has 0 bridgehead atoms. The van der Waals surface area contributed by atoms with Crippen LogP contribution in [0, 0.1) is 5.92 Å². The number of rotatable bonds is 3. The van der Waals surface area contributed by atoms with Crippen molar-refractivity contribution in [3.63, 3.8) is 0 Å². The van der Waals surface area contributed by atoms with Gasteiger partial charge in [-0.05, 0) is 37.8 Å². The standard InChI is InChI=1S/C23H30N4O4/c1-16(2)19(28)25-13-10-23(11-14-25)21(30)27(22(31)24-23)18-9-6-12-26(15-18)20(29)17-7-4-3-5-8-17/h3-5,7-8,16,18H,6,9-15H2,1-2H3,(H,24,31)/t18-/m1/s1. The molecule has 3 fully saturated rings. The van der Waals surface area contributed by atoms with Crippen LogP contribution in [0.4, 0.5) is 4.79 Å². The zero-order chi connectivity index (χ0) is 22.2. The molecule has 1 aromatic carbocycles. The van der Waals surface area contributed by atoms with Crippen molar-refractivity contribution in [2.75, 3.05) is 26.2 Å². The molecule has 5 amide bonds. The maximum absolute atomic E-state index is 13.4. The largest absolute Gasteiger partial charge is 0.342 e. The molecule has 3 aliphatic heterocycles. The van der Waals surface area contributed by atoms with E-state index in [1.54, 1.807) is 21.9 Å². The first-order chi connectivity index (χ1) is 14.8. The third kappa shape index (κ3) is 3.91. The van der Waals surface area contributed by atoms with Crippen molar-refractivity contribution in [2.24, 2.45) is 5.92 Å². The Bertz CT molecular complexity index is 877. The van der Waals surface area contributed by atoms with Crippen LogP contribution in [0.3, 0.4) is 0 Å². The smallest absolute Gasteiger partial charge is 0.325 e. The summed E-state index contributed by atoms with van der Waals surface area (Å²) in [6, 6.07) is 8.36. The van der Waals surface area contributed by atoms with E-state index in [0.29, 0.717) is 51.0 Å². The van der Waals surface area contributed by atoms with Crippen molar-refractivity contribution >= 4 is 23.8 Å². The molecule has 0 radical (unpaired) electrons. The number of likely N-dealkylation sites (tertiary alicyclic amines) is 2. The monoisotopic (exact) mass is 426 g/mol. The van der Waals surface area contributed by atoms with E-state index >= 15 is 0 Å². The van der Waals surface area contributed by atoms with Crippen LogP contribution in [0.2, 0.25) is 0 Å². The number of nitrogens with zero attached hydrogens (tertiary/aromatic N) is 3. The second-order valence-electron chi connectivity index (χ2n) is 9.08. The highest BCUT2D eigenvalue weighted by atomic mass is 16.2.